The highest BCUT2D eigenvalue weighted by molar-refractivity contribution is 6.02. The molecule has 0 radical (unpaired) electrons. The van der Waals surface area contributed by atoms with E-state index in [9.17, 15) is 0 Å². The Labute approximate surface area is 90.8 Å². The van der Waals surface area contributed by atoms with Gasteiger partial charge in [0.1, 0.15) is 0 Å². The molecule has 15 heavy (non-hydrogen) atoms. The zero-order valence-electron chi connectivity index (χ0n) is 9.34. The van der Waals surface area contributed by atoms with Gasteiger partial charge in [0.2, 0.25) is 0 Å². The molecule has 2 heteroatoms. The Balaban J connectivity index is 2.03. The first kappa shape index (κ1) is 9.20. The Kier molecular flexibility index (Phi) is 1.98. The average Bonchev–Trinajstić information content (AvgIpc) is 3.04. The van der Waals surface area contributed by atoms with Gasteiger partial charge in [0.05, 0.1) is 0 Å². The second-order valence-corrected chi connectivity index (χ2v) is 4.94. The van der Waals surface area contributed by atoms with E-state index in [4.69, 9.17) is 5.41 Å². The van der Waals surface area contributed by atoms with Crippen LogP contribution in [0.15, 0.2) is 6.07 Å². The van der Waals surface area contributed by atoms with Gasteiger partial charge in [0.25, 0.3) is 0 Å². The first-order valence-electron chi connectivity index (χ1n) is 6.05. The molecule has 0 spiro atoms. The van der Waals surface area contributed by atoms with Crippen LogP contribution in [-0.2, 0) is 13.0 Å². The lowest BCUT2D eigenvalue weighted by atomic mass is 10.0. The topological polar surface area (TPSA) is 28.8 Å². The van der Waals surface area contributed by atoms with Crippen molar-refractivity contribution in [3.63, 3.8) is 0 Å². The maximum atomic E-state index is 8.19. The fourth-order valence-electron chi connectivity index (χ4n) is 2.70. The first-order chi connectivity index (χ1) is 7.27. The van der Waals surface area contributed by atoms with Gasteiger partial charge in [0.15, 0.2) is 0 Å². The molecular formula is C13H18N2. The smallest absolute Gasteiger partial charge is 0.0435 e. The number of fused-ring (bicyclic) bond motifs is 1. The third-order valence-corrected chi connectivity index (χ3v) is 3.74. The van der Waals surface area contributed by atoms with Gasteiger partial charge in [-0.25, -0.2) is 0 Å². The van der Waals surface area contributed by atoms with E-state index in [0.717, 1.165) is 5.71 Å². The summed E-state index contributed by atoms with van der Waals surface area (Å²) >= 11 is 0. The van der Waals surface area contributed by atoms with E-state index in [0.29, 0.717) is 5.92 Å². The minimum absolute atomic E-state index is 0.582. The molecule has 0 unspecified atom stereocenters. The Morgan fingerprint density at radius 2 is 2.20 bits per heavy atom. The molecule has 0 atom stereocenters. The summed E-state index contributed by atoms with van der Waals surface area (Å²) < 4.78 is 2.43. The van der Waals surface area contributed by atoms with Crippen molar-refractivity contribution in [3.8, 4) is 0 Å². The highest BCUT2D eigenvalue weighted by Crippen LogP contribution is 2.35. The predicted octanol–water partition coefficient (Wildman–Crippen LogP) is 2.91. The number of aryl methyl sites for hydroxylation is 1. The first-order valence-corrected chi connectivity index (χ1v) is 6.05. The summed E-state index contributed by atoms with van der Waals surface area (Å²) in [5, 5.41) is 8.19. The van der Waals surface area contributed by atoms with Gasteiger partial charge in [-0.2, -0.15) is 0 Å². The van der Waals surface area contributed by atoms with E-state index in [-0.39, 0.29) is 0 Å². The molecule has 0 bridgehead atoms. The molecule has 1 aliphatic carbocycles. The monoisotopic (exact) mass is 202 g/mol. The Morgan fingerprint density at radius 1 is 1.40 bits per heavy atom. The normalized spacial score (nSPS) is 20.1. The lowest BCUT2D eigenvalue weighted by Crippen LogP contribution is -2.14. The highest BCUT2D eigenvalue weighted by atomic mass is 15.0. The molecule has 1 aromatic rings. The van der Waals surface area contributed by atoms with Gasteiger partial charge in [-0.3, -0.25) is 0 Å². The van der Waals surface area contributed by atoms with Gasteiger partial charge >= 0.3 is 0 Å². The minimum atomic E-state index is 0.582. The molecule has 0 aromatic carbocycles. The third-order valence-electron chi connectivity index (χ3n) is 3.74. The van der Waals surface area contributed by atoms with Crippen LogP contribution in [0.2, 0.25) is 0 Å². The minimum Gasteiger partial charge on any atom is -0.348 e. The summed E-state index contributed by atoms with van der Waals surface area (Å²) in [7, 11) is 0. The van der Waals surface area contributed by atoms with Crippen LogP contribution in [0, 0.1) is 18.3 Å². The van der Waals surface area contributed by atoms with E-state index in [1.807, 2.05) is 0 Å². The zero-order chi connectivity index (χ0) is 10.4. The van der Waals surface area contributed by atoms with E-state index in [2.05, 4.69) is 17.6 Å². The molecule has 1 N–H and O–H groups in total. The van der Waals surface area contributed by atoms with Crippen LogP contribution in [0.1, 0.15) is 42.6 Å². The standard InChI is InChI=1S/C13H18N2/c1-9-8-11(13(14)10-5-6-10)12-4-2-3-7-15(9)12/h8,10,14H,2-7H2,1H3. The number of hydrogen-bond donors (Lipinski definition) is 1. The predicted molar refractivity (Wildman–Crippen MR) is 61.7 cm³/mol. The van der Waals surface area contributed by atoms with Gasteiger partial charge in [0, 0.05) is 35.1 Å². The summed E-state index contributed by atoms with van der Waals surface area (Å²) in [4.78, 5) is 0. The summed E-state index contributed by atoms with van der Waals surface area (Å²) in [5.74, 6) is 0.582. The van der Waals surface area contributed by atoms with Gasteiger partial charge in [-0.05, 0) is 45.1 Å². The van der Waals surface area contributed by atoms with Crippen molar-refractivity contribution in [1.82, 2.24) is 4.57 Å². The Hall–Kier alpha value is -1.05. The van der Waals surface area contributed by atoms with Crippen molar-refractivity contribution >= 4 is 5.71 Å². The lowest BCUT2D eigenvalue weighted by molar-refractivity contribution is 0.523. The second-order valence-electron chi connectivity index (χ2n) is 4.94. The number of nitrogens with one attached hydrogen (secondary N) is 1. The van der Waals surface area contributed by atoms with Crippen LogP contribution in [-0.4, -0.2) is 10.3 Å². The maximum absolute atomic E-state index is 8.19. The van der Waals surface area contributed by atoms with Crippen molar-refractivity contribution in [2.75, 3.05) is 0 Å². The quantitative estimate of drug-likeness (QED) is 0.714. The molecule has 2 aliphatic rings. The van der Waals surface area contributed by atoms with Gasteiger partial charge < -0.3 is 9.98 Å². The van der Waals surface area contributed by atoms with Gasteiger partial charge in [-0.1, -0.05) is 0 Å². The summed E-state index contributed by atoms with van der Waals surface area (Å²) in [5.41, 5.74) is 4.96. The Bertz CT molecular complexity index is 410. The summed E-state index contributed by atoms with van der Waals surface area (Å²) in [6.45, 7) is 3.34. The number of hydrogen-bond acceptors (Lipinski definition) is 1. The van der Waals surface area contributed by atoms with Crippen molar-refractivity contribution in [2.45, 2.75) is 45.6 Å². The van der Waals surface area contributed by atoms with Crippen molar-refractivity contribution in [1.29, 1.82) is 5.41 Å². The number of rotatable bonds is 2. The molecule has 80 valence electrons. The van der Waals surface area contributed by atoms with Crippen molar-refractivity contribution < 1.29 is 0 Å². The fourth-order valence-corrected chi connectivity index (χ4v) is 2.70. The van der Waals surface area contributed by atoms with E-state index in [1.54, 1.807) is 0 Å². The van der Waals surface area contributed by atoms with Crippen LogP contribution in [0.4, 0.5) is 0 Å². The second kappa shape index (κ2) is 3.22. The van der Waals surface area contributed by atoms with E-state index in [1.165, 1.54) is 55.6 Å². The molecule has 1 saturated carbocycles. The molecule has 2 heterocycles. The largest absolute Gasteiger partial charge is 0.348 e. The van der Waals surface area contributed by atoms with E-state index < -0.39 is 0 Å². The SMILES string of the molecule is Cc1cc(C(=N)C2CC2)c2n1CCCC2. The maximum Gasteiger partial charge on any atom is 0.0435 e. The molecular weight excluding hydrogens is 184 g/mol. The summed E-state index contributed by atoms with van der Waals surface area (Å²) in [6, 6.07) is 2.24. The average molecular weight is 202 g/mol. The van der Waals surface area contributed by atoms with Crippen LogP contribution >= 0.6 is 0 Å². The van der Waals surface area contributed by atoms with Gasteiger partial charge in [-0.15, -0.1) is 0 Å². The number of aromatic nitrogens is 1. The van der Waals surface area contributed by atoms with Crippen LogP contribution < -0.4 is 0 Å². The third kappa shape index (κ3) is 1.43. The van der Waals surface area contributed by atoms with Crippen LogP contribution in [0.5, 0.6) is 0 Å². The summed E-state index contributed by atoms with van der Waals surface area (Å²) in [6.07, 6.45) is 6.26. The number of nitrogens with zero attached hydrogens (tertiary/aromatic N) is 1. The molecule has 0 amide bonds. The Morgan fingerprint density at radius 3 is 2.93 bits per heavy atom. The highest BCUT2D eigenvalue weighted by Gasteiger charge is 2.30. The fraction of sp³-hybridized carbons (Fsp3) is 0.615. The van der Waals surface area contributed by atoms with Crippen molar-refractivity contribution in [2.24, 2.45) is 5.92 Å². The molecule has 1 aromatic heterocycles. The van der Waals surface area contributed by atoms with E-state index >= 15 is 0 Å². The molecule has 0 saturated heterocycles. The molecule has 1 aliphatic heterocycles. The lowest BCUT2D eigenvalue weighted by Gasteiger charge is -2.18. The molecule has 1 fully saturated rings. The van der Waals surface area contributed by atoms with Crippen LogP contribution in [0.25, 0.3) is 0 Å². The molecule has 3 rings (SSSR count). The zero-order valence-corrected chi connectivity index (χ0v) is 9.34. The molecule has 2 nitrogen and oxygen atoms in total. The van der Waals surface area contributed by atoms with Crippen molar-refractivity contribution in [3.05, 3.63) is 23.0 Å². The van der Waals surface area contributed by atoms with Crippen LogP contribution in [0.3, 0.4) is 0 Å².